The molecule has 0 unspecified atom stereocenters. The van der Waals surface area contributed by atoms with Crippen LogP contribution in [0.2, 0.25) is 0 Å². The van der Waals surface area contributed by atoms with E-state index in [1.165, 1.54) is 16.8 Å². The van der Waals surface area contributed by atoms with Gasteiger partial charge in [-0.25, -0.2) is 4.68 Å². The molecule has 0 spiro atoms. The molecule has 2 heterocycles. The molecule has 11 heteroatoms. The van der Waals surface area contributed by atoms with Crippen LogP contribution < -0.4 is 5.56 Å². The van der Waals surface area contributed by atoms with Crippen molar-refractivity contribution >= 4 is 0 Å². The predicted octanol–water partition coefficient (Wildman–Crippen LogP) is 2.28. The lowest BCUT2D eigenvalue weighted by Crippen LogP contribution is -2.30. The van der Waals surface area contributed by atoms with E-state index < -0.39 is 17.3 Å². The molecule has 8 nitrogen and oxygen atoms in total. The fraction of sp³-hybridized carbons (Fsp3) is 0.333. The highest BCUT2D eigenvalue weighted by Gasteiger charge is 2.30. The summed E-state index contributed by atoms with van der Waals surface area (Å²) in [5.41, 5.74) is 0.190. The number of halogens is 3. The van der Waals surface area contributed by atoms with Crippen molar-refractivity contribution in [2.75, 3.05) is 0 Å². The van der Waals surface area contributed by atoms with Crippen molar-refractivity contribution in [2.24, 2.45) is 0 Å². The Kier molecular flexibility index (Phi) is 5.45. The van der Waals surface area contributed by atoms with Crippen molar-refractivity contribution < 1.29 is 13.2 Å². The van der Waals surface area contributed by atoms with Gasteiger partial charge in [-0.1, -0.05) is 13.8 Å². The van der Waals surface area contributed by atoms with Gasteiger partial charge in [0.2, 0.25) is 0 Å². The monoisotopic (exact) mass is 403 g/mol. The molecular weight excluding hydrogens is 387 g/mol. The minimum Gasteiger partial charge on any atom is -0.266 e. The molecule has 3 rings (SSSR count). The molecule has 0 saturated heterocycles. The molecule has 0 aliphatic heterocycles. The van der Waals surface area contributed by atoms with Crippen LogP contribution in [0.1, 0.15) is 42.1 Å². The van der Waals surface area contributed by atoms with E-state index in [1.807, 2.05) is 19.9 Å². The van der Waals surface area contributed by atoms with E-state index in [0.717, 1.165) is 16.8 Å². The third-order valence-corrected chi connectivity index (χ3v) is 4.40. The zero-order valence-electron chi connectivity index (χ0n) is 15.6. The van der Waals surface area contributed by atoms with Gasteiger partial charge in [0.25, 0.3) is 5.56 Å². The molecule has 0 aliphatic rings. The summed E-state index contributed by atoms with van der Waals surface area (Å²) in [7, 11) is 0. The smallest absolute Gasteiger partial charge is 0.266 e. The Balaban J connectivity index is 2.01. The van der Waals surface area contributed by atoms with Crippen molar-refractivity contribution in [2.45, 2.75) is 39.4 Å². The Labute approximate surface area is 163 Å². The number of aryl methyl sites for hydroxylation is 1. The number of benzene rings is 1. The molecule has 0 atom stereocenters. The van der Waals surface area contributed by atoms with Crippen LogP contribution in [0.4, 0.5) is 13.2 Å². The molecule has 0 bridgehead atoms. The van der Waals surface area contributed by atoms with Crippen molar-refractivity contribution in [1.82, 2.24) is 30.0 Å². The molecule has 0 N–H and O–H groups in total. The minimum atomic E-state index is -4.45. The SMILES string of the molecule is CCc1nn(Cc2nnnn2-c2ccc(C(F)(F)F)cc2)c(=O)c(C#N)c1CC. The Bertz CT molecular complexity index is 1120. The van der Waals surface area contributed by atoms with E-state index in [0.29, 0.717) is 29.8 Å². The van der Waals surface area contributed by atoms with Gasteiger partial charge in [0.15, 0.2) is 5.82 Å². The normalized spacial score (nSPS) is 11.4. The maximum atomic E-state index is 12.8. The number of hydrogen-bond acceptors (Lipinski definition) is 6. The number of nitriles is 1. The summed E-state index contributed by atoms with van der Waals surface area (Å²) in [5, 5.41) is 24.9. The Morgan fingerprint density at radius 2 is 1.83 bits per heavy atom. The first-order valence-corrected chi connectivity index (χ1v) is 8.78. The highest BCUT2D eigenvalue weighted by atomic mass is 19.4. The molecule has 1 aromatic carbocycles. The maximum Gasteiger partial charge on any atom is 0.416 e. The van der Waals surface area contributed by atoms with Crippen LogP contribution in [0.15, 0.2) is 29.1 Å². The topological polar surface area (TPSA) is 102 Å². The van der Waals surface area contributed by atoms with Crippen LogP contribution in [-0.2, 0) is 25.6 Å². The van der Waals surface area contributed by atoms with Gasteiger partial charge in [-0.15, -0.1) is 5.10 Å². The predicted molar refractivity (Wildman–Crippen MR) is 95.2 cm³/mol. The Hall–Kier alpha value is -3.55. The second-order valence-corrected chi connectivity index (χ2v) is 6.13. The quantitative estimate of drug-likeness (QED) is 0.648. The number of tetrazole rings is 1. The molecule has 150 valence electrons. The molecule has 0 saturated carbocycles. The zero-order valence-corrected chi connectivity index (χ0v) is 15.6. The standard InChI is InChI=1S/C18H16F3N7O/c1-3-13-14(9-22)17(29)27(24-15(13)4-2)10-16-23-25-26-28(16)12-7-5-11(6-8-12)18(19,20)21/h5-8H,3-4,10H2,1-2H3. The van der Waals surface area contributed by atoms with Crippen LogP contribution in [0.3, 0.4) is 0 Å². The lowest BCUT2D eigenvalue weighted by atomic mass is 10.0. The summed E-state index contributed by atoms with van der Waals surface area (Å²) in [4.78, 5) is 12.7. The number of nitrogens with zero attached hydrogens (tertiary/aromatic N) is 7. The van der Waals surface area contributed by atoms with E-state index in [4.69, 9.17) is 0 Å². The molecule has 0 aliphatic carbocycles. The van der Waals surface area contributed by atoms with E-state index in [2.05, 4.69) is 20.6 Å². The first-order chi connectivity index (χ1) is 13.8. The summed E-state index contributed by atoms with van der Waals surface area (Å²) in [6.07, 6.45) is -3.43. The van der Waals surface area contributed by atoms with Crippen LogP contribution in [0.5, 0.6) is 0 Å². The van der Waals surface area contributed by atoms with Crippen molar-refractivity contribution in [3.63, 3.8) is 0 Å². The molecule has 2 aromatic heterocycles. The zero-order chi connectivity index (χ0) is 21.2. The maximum absolute atomic E-state index is 12.8. The van der Waals surface area contributed by atoms with Gasteiger partial charge in [0.1, 0.15) is 18.2 Å². The second-order valence-electron chi connectivity index (χ2n) is 6.13. The third kappa shape index (κ3) is 3.87. The Morgan fingerprint density at radius 3 is 2.38 bits per heavy atom. The van der Waals surface area contributed by atoms with E-state index in [1.54, 1.807) is 0 Å². The van der Waals surface area contributed by atoms with Gasteiger partial charge in [-0.05, 0) is 53.1 Å². The Morgan fingerprint density at radius 1 is 1.14 bits per heavy atom. The minimum absolute atomic E-state index is 0.0212. The van der Waals surface area contributed by atoms with Crippen LogP contribution >= 0.6 is 0 Å². The molecule has 29 heavy (non-hydrogen) atoms. The first-order valence-electron chi connectivity index (χ1n) is 8.78. The van der Waals surface area contributed by atoms with Gasteiger partial charge < -0.3 is 0 Å². The fourth-order valence-corrected chi connectivity index (χ4v) is 2.97. The van der Waals surface area contributed by atoms with Gasteiger partial charge in [-0.3, -0.25) is 4.79 Å². The second kappa shape index (κ2) is 7.83. The summed E-state index contributed by atoms with van der Waals surface area (Å²) in [6.45, 7) is 3.56. The average Bonchev–Trinajstić information content (AvgIpc) is 3.16. The number of alkyl halides is 3. The summed E-state index contributed by atoms with van der Waals surface area (Å²) >= 11 is 0. The number of rotatable bonds is 5. The van der Waals surface area contributed by atoms with E-state index in [9.17, 15) is 23.2 Å². The van der Waals surface area contributed by atoms with E-state index in [-0.39, 0.29) is 17.9 Å². The third-order valence-electron chi connectivity index (χ3n) is 4.40. The van der Waals surface area contributed by atoms with Crippen LogP contribution in [0, 0.1) is 11.3 Å². The average molecular weight is 403 g/mol. The lowest BCUT2D eigenvalue weighted by molar-refractivity contribution is -0.137. The molecule has 3 aromatic rings. The molecule has 0 radical (unpaired) electrons. The lowest BCUT2D eigenvalue weighted by Gasteiger charge is -2.12. The van der Waals surface area contributed by atoms with Crippen LogP contribution in [0.25, 0.3) is 5.69 Å². The molecule has 0 fully saturated rings. The summed E-state index contributed by atoms with van der Waals surface area (Å²) in [6, 6.07) is 6.25. The van der Waals surface area contributed by atoms with Crippen LogP contribution in [-0.4, -0.2) is 30.0 Å². The molecular formula is C18H16F3N7O. The van der Waals surface area contributed by atoms with Crippen molar-refractivity contribution in [3.05, 3.63) is 62.8 Å². The van der Waals surface area contributed by atoms with Crippen molar-refractivity contribution in [1.29, 1.82) is 5.26 Å². The summed E-state index contributed by atoms with van der Waals surface area (Å²) < 4.78 is 40.6. The largest absolute Gasteiger partial charge is 0.416 e. The van der Waals surface area contributed by atoms with E-state index >= 15 is 0 Å². The van der Waals surface area contributed by atoms with Gasteiger partial charge in [-0.2, -0.15) is 28.2 Å². The highest BCUT2D eigenvalue weighted by Crippen LogP contribution is 2.29. The first kappa shape index (κ1) is 20.2. The molecule has 0 amide bonds. The number of aromatic nitrogens is 6. The highest BCUT2D eigenvalue weighted by molar-refractivity contribution is 5.38. The van der Waals surface area contributed by atoms with Gasteiger partial charge >= 0.3 is 6.18 Å². The fourth-order valence-electron chi connectivity index (χ4n) is 2.97. The van der Waals surface area contributed by atoms with Gasteiger partial charge in [0.05, 0.1) is 16.9 Å². The van der Waals surface area contributed by atoms with Gasteiger partial charge in [0, 0.05) is 0 Å². The summed E-state index contributed by atoms with van der Waals surface area (Å²) in [5.74, 6) is 0.189. The number of hydrogen-bond donors (Lipinski definition) is 0. The van der Waals surface area contributed by atoms with Crippen molar-refractivity contribution in [3.8, 4) is 11.8 Å².